The van der Waals surface area contributed by atoms with Gasteiger partial charge in [-0.15, -0.1) is 0 Å². The predicted octanol–water partition coefficient (Wildman–Crippen LogP) is 14.8. The van der Waals surface area contributed by atoms with Crippen LogP contribution < -0.4 is 0 Å². The van der Waals surface area contributed by atoms with Crippen molar-refractivity contribution >= 4 is 11.9 Å². The number of carbonyl (C=O) groups is 2. The molecule has 390 valence electrons. The summed E-state index contributed by atoms with van der Waals surface area (Å²) in [6.45, 7) is 17.6. The fourth-order valence-electron chi connectivity index (χ4n) is 11.8. The molecule has 6 aromatic carbocycles. The lowest BCUT2D eigenvalue weighted by Gasteiger charge is -2.34. The summed E-state index contributed by atoms with van der Waals surface area (Å²) in [7, 11) is 1.42. The van der Waals surface area contributed by atoms with Crippen LogP contribution in [0.4, 0.5) is 0 Å². The van der Waals surface area contributed by atoms with Gasteiger partial charge in [0.05, 0.1) is 20.0 Å². The molecule has 0 atom stereocenters. The molecule has 0 unspecified atom stereocenters. The van der Waals surface area contributed by atoms with Crippen LogP contribution in [0.15, 0.2) is 121 Å². The van der Waals surface area contributed by atoms with Crippen LogP contribution in [0.2, 0.25) is 0 Å². The number of hydrogen-bond acceptors (Lipinski definition) is 5. The third-order valence-corrected chi connectivity index (χ3v) is 16.7. The first-order valence-corrected chi connectivity index (χ1v) is 27.4. The van der Waals surface area contributed by atoms with Gasteiger partial charge >= 0.3 is 11.9 Å². The van der Waals surface area contributed by atoms with E-state index in [9.17, 15) is 19.8 Å². The molecule has 0 aliphatic heterocycles. The average Bonchev–Trinajstić information content (AvgIpc) is 4.05. The first-order valence-electron chi connectivity index (χ1n) is 27.4. The second-order valence-electron chi connectivity index (χ2n) is 21.4. The topological polar surface area (TPSA) is 104 Å². The second kappa shape index (κ2) is 24.3. The fraction of sp³-hybridized carbons (Fsp3) is 0.391. The molecule has 0 bridgehead atoms. The van der Waals surface area contributed by atoms with E-state index in [0.717, 1.165) is 122 Å². The van der Waals surface area contributed by atoms with Crippen molar-refractivity contribution in [3.63, 3.8) is 0 Å². The molecule has 6 nitrogen and oxygen atoms in total. The van der Waals surface area contributed by atoms with Crippen molar-refractivity contribution in [2.24, 2.45) is 0 Å². The first kappa shape index (κ1) is 56.0. The molecule has 0 saturated heterocycles. The lowest BCUT2D eigenvalue weighted by Crippen LogP contribution is -2.26. The van der Waals surface area contributed by atoms with E-state index in [2.05, 4.69) is 164 Å². The van der Waals surface area contributed by atoms with Gasteiger partial charge in [-0.3, -0.25) is 9.59 Å². The van der Waals surface area contributed by atoms with E-state index >= 15 is 0 Å². The molecule has 0 heterocycles. The van der Waals surface area contributed by atoms with E-state index in [1.165, 1.54) is 51.6 Å². The summed E-state index contributed by atoms with van der Waals surface area (Å²) in [4.78, 5) is 22.6. The Morgan fingerprint density at radius 1 is 0.493 bits per heavy atom. The molecule has 75 heavy (non-hydrogen) atoms. The number of aliphatic hydroxyl groups is 2. The van der Waals surface area contributed by atoms with Gasteiger partial charge in [-0.25, -0.2) is 0 Å². The Morgan fingerprint density at radius 3 is 1.13 bits per heavy atom. The minimum Gasteiger partial charge on any atom is -0.481 e. The van der Waals surface area contributed by atoms with Gasteiger partial charge in [0.1, 0.15) is 11.2 Å². The molecule has 0 amide bonds. The molecule has 2 saturated carbocycles. The van der Waals surface area contributed by atoms with Crippen LogP contribution in [0.3, 0.4) is 0 Å². The molecule has 3 N–H and O–H groups in total. The van der Waals surface area contributed by atoms with Gasteiger partial charge in [-0.1, -0.05) is 161 Å². The maximum absolute atomic E-state index is 11.6. The standard InChI is InChI=1S/C35H40O3.C34H38O3/c1-6-35(7-2,30-15-14-28(25(3)22-30)18-21-34(37)19-8-9-20-34)31-16-17-32(26(4)23-31)29-12-10-27(11-13-29)24-33(36)38-5;1-5-34(6-2,29-14-13-27(24(3)21-29)17-20-33(37)18-7-8-19-33)30-15-16-31(25(4)22-30)28-11-9-26(10-12-28)23-32(35)36/h10-17,22-23,37H,6-9,19-20,24H2,1-5H3;9-16,21-22,37H,5-8,18-19,23H2,1-4H3,(H,35,36). The van der Waals surface area contributed by atoms with Crippen LogP contribution in [0.1, 0.15) is 172 Å². The number of carboxylic acids is 1. The van der Waals surface area contributed by atoms with Crippen molar-refractivity contribution in [3.8, 4) is 45.9 Å². The van der Waals surface area contributed by atoms with Crippen LogP contribution in [-0.4, -0.2) is 45.6 Å². The number of methoxy groups -OCH3 is 1. The first-order chi connectivity index (χ1) is 35.9. The summed E-state index contributed by atoms with van der Waals surface area (Å²) in [5.74, 6) is 11.8. The molecule has 8 rings (SSSR count). The van der Waals surface area contributed by atoms with Crippen LogP contribution in [0, 0.1) is 51.4 Å². The highest BCUT2D eigenvalue weighted by Crippen LogP contribution is 2.43. The highest BCUT2D eigenvalue weighted by molar-refractivity contribution is 5.74. The van der Waals surface area contributed by atoms with Gasteiger partial charge in [0, 0.05) is 22.0 Å². The summed E-state index contributed by atoms with van der Waals surface area (Å²) in [6.07, 6.45) is 11.6. The Bertz CT molecular complexity index is 3090. The van der Waals surface area contributed by atoms with E-state index in [1.54, 1.807) is 0 Å². The van der Waals surface area contributed by atoms with E-state index in [4.69, 9.17) is 9.84 Å². The van der Waals surface area contributed by atoms with Crippen molar-refractivity contribution in [2.45, 2.75) is 167 Å². The van der Waals surface area contributed by atoms with Gasteiger partial charge in [-0.05, 0) is 195 Å². The Balaban J connectivity index is 0.000000219. The highest BCUT2D eigenvalue weighted by atomic mass is 16.5. The summed E-state index contributed by atoms with van der Waals surface area (Å²) in [5.41, 5.74) is 16.5. The molecule has 2 aliphatic carbocycles. The maximum Gasteiger partial charge on any atom is 0.309 e. The predicted molar refractivity (Wildman–Crippen MR) is 306 cm³/mol. The minimum absolute atomic E-state index is 0.0401. The normalized spacial score (nSPS) is 14.7. The van der Waals surface area contributed by atoms with Gasteiger partial charge in [0.25, 0.3) is 0 Å². The molecule has 6 heteroatoms. The Kier molecular flexibility index (Phi) is 18.2. The van der Waals surface area contributed by atoms with Crippen molar-refractivity contribution in [1.82, 2.24) is 0 Å². The smallest absolute Gasteiger partial charge is 0.309 e. The number of hydrogen-bond donors (Lipinski definition) is 3. The van der Waals surface area contributed by atoms with E-state index in [-0.39, 0.29) is 29.6 Å². The Morgan fingerprint density at radius 2 is 0.827 bits per heavy atom. The number of carboxylic acid groups (broad SMARTS) is 1. The van der Waals surface area contributed by atoms with E-state index < -0.39 is 17.2 Å². The van der Waals surface area contributed by atoms with E-state index in [1.807, 2.05) is 36.4 Å². The molecule has 6 aromatic rings. The lowest BCUT2D eigenvalue weighted by atomic mass is 9.69. The monoisotopic (exact) mass is 1000 g/mol. The second-order valence-corrected chi connectivity index (χ2v) is 21.4. The lowest BCUT2D eigenvalue weighted by molar-refractivity contribution is -0.140. The van der Waals surface area contributed by atoms with Crippen LogP contribution in [-0.2, 0) is 38.0 Å². The largest absolute Gasteiger partial charge is 0.481 e. The van der Waals surface area contributed by atoms with Gasteiger partial charge in [-0.2, -0.15) is 0 Å². The summed E-state index contributed by atoms with van der Waals surface area (Å²) >= 11 is 0. The molecule has 0 radical (unpaired) electrons. The average molecular weight is 1000 g/mol. The fourth-order valence-corrected chi connectivity index (χ4v) is 11.8. The van der Waals surface area contributed by atoms with Crippen LogP contribution in [0.25, 0.3) is 22.3 Å². The van der Waals surface area contributed by atoms with Gasteiger partial charge in [0.2, 0.25) is 0 Å². The molecular weight excluding hydrogens is 925 g/mol. The molecule has 2 aliphatic rings. The number of aryl methyl sites for hydroxylation is 4. The van der Waals surface area contributed by atoms with Crippen molar-refractivity contribution in [1.29, 1.82) is 0 Å². The SMILES string of the molecule is CCC(CC)(c1ccc(C#CC2(O)CCCC2)c(C)c1)c1ccc(-c2ccc(CC(=O)O)cc2)c(C)c1.CCC(CC)(c1ccc(C#CC2(O)CCCC2)c(C)c1)c1ccc(-c2ccc(CC(=O)OC)cc2)c(C)c1. The minimum atomic E-state index is -0.822. The van der Waals surface area contributed by atoms with Crippen molar-refractivity contribution < 1.29 is 29.6 Å². The zero-order valence-electron chi connectivity index (χ0n) is 46.0. The molecular formula is C69H78O6. The third kappa shape index (κ3) is 12.9. The van der Waals surface area contributed by atoms with Gasteiger partial charge in [0.15, 0.2) is 0 Å². The quantitative estimate of drug-likeness (QED) is 0.0742. The molecule has 0 spiro atoms. The number of carbonyl (C=O) groups excluding carboxylic acids is 1. The van der Waals surface area contributed by atoms with E-state index in [0.29, 0.717) is 0 Å². The van der Waals surface area contributed by atoms with Crippen LogP contribution in [0.5, 0.6) is 0 Å². The highest BCUT2D eigenvalue weighted by Gasteiger charge is 2.34. The maximum atomic E-state index is 11.6. The number of rotatable bonds is 14. The summed E-state index contributed by atoms with van der Waals surface area (Å²) in [6, 6.07) is 42.9. The molecule has 0 aromatic heterocycles. The zero-order chi connectivity index (χ0) is 54.0. The number of aliphatic carboxylic acids is 1. The summed E-state index contributed by atoms with van der Waals surface area (Å²) < 4.78 is 4.79. The number of ether oxygens (including phenoxy) is 1. The van der Waals surface area contributed by atoms with Crippen molar-refractivity contribution in [3.05, 3.63) is 188 Å². The zero-order valence-corrected chi connectivity index (χ0v) is 46.0. The molecule has 2 fully saturated rings. The Labute approximate surface area is 448 Å². The van der Waals surface area contributed by atoms with Crippen LogP contribution >= 0.6 is 0 Å². The number of esters is 1. The van der Waals surface area contributed by atoms with Crippen molar-refractivity contribution in [2.75, 3.05) is 7.11 Å². The Hall–Kier alpha value is -6.70. The van der Waals surface area contributed by atoms with Gasteiger partial charge < -0.3 is 20.1 Å². The summed E-state index contributed by atoms with van der Waals surface area (Å²) in [5, 5.41) is 30.3. The number of benzene rings is 6. The third-order valence-electron chi connectivity index (χ3n) is 16.7.